The van der Waals surface area contributed by atoms with Crippen molar-refractivity contribution in [3.63, 3.8) is 0 Å². The van der Waals surface area contributed by atoms with E-state index < -0.39 is 5.41 Å². The number of ketones is 2. The van der Waals surface area contributed by atoms with Gasteiger partial charge in [0.2, 0.25) is 0 Å². The third-order valence-corrected chi connectivity index (χ3v) is 6.69. The summed E-state index contributed by atoms with van der Waals surface area (Å²) in [4.78, 5) is 24.1. The second kappa shape index (κ2) is 14.4. The fourth-order valence-corrected chi connectivity index (χ4v) is 3.98. The Morgan fingerprint density at radius 3 is 1.84 bits per heavy atom. The van der Waals surface area contributed by atoms with E-state index in [9.17, 15) is 24.9 Å². The van der Waals surface area contributed by atoms with Crippen LogP contribution in [0.2, 0.25) is 0 Å². The zero-order valence-electron chi connectivity index (χ0n) is 24.6. The molecule has 0 heterocycles. The minimum Gasteiger partial charge on any atom is -0.508 e. The summed E-state index contributed by atoms with van der Waals surface area (Å²) in [6, 6.07) is 19.5. The van der Waals surface area contributed by atoms with Crippen molar-refractivity contribution in [3.05, 3.63) is 131 Å². The van der Waals surface area contributed by atoms with Gasteiger partial charge in [-0.3, -0.25) is 9.59 Å². The SMILES string of the molecule is C=CC(C)(C)c1cc(/C=C/C(=O)c2ccc(O)cc2)c(OC)cc1O.O=C(/C=C/c1ccc(O)cc1)c1ccc(O)cc1O. The molecular weight excluding hydrogens is 560 g/mol. The Balaban J connectivity index is 0.000000249. The van der Waals surface area contributed by atoms with Crippen LogP contribution in [0.25, 0.3) is 12.2 Å². The number of rotatable bonds is 9. The number of carbonyl (C=O) groups is 2. The fourth-order valence-electron chi connectivity index (χ4n) is 3.98. The van der Waals surface area contributed by atoms with Crippen molar-refractivity contribution < 1.29 is 39.9 Å². The summed E-state index contributed by atoms with van der Waals surface area (Å²) >= 11 is 0. The maximum absolute atomic E-state index is 12.3. The number of carbonyl (C=O) groups excluding carboxylic acids is 2. The molecule has 0 saturated carbocycles. The van der Waals surface area contributed by atoms with Crippen LogP contribution in [-0.2, 0) is 5.41 Å². The van der Waals surface area contributed by atoms with Crippen molar-refractivity contribution in [2.24, 2.45) is 0 Å². The second-order valence-corrected chi connectivity index (χ2v) is 10.3. The van der Waals surface area contributed by atoms with Crippen LogP contribution in [0.5, 0.6) is 34.5 Å². The summed E-state index contributed by atoms with van der Waals surface area (Å²) < 4.78 is 5.30. The first-order chi connectivity index (χ1) is 20.8. The monoisotopic (exact) mass is 594 g/mol. The summed E-state index contributed by atoms with van der Waals surface area (Å²) in [6.07, 6.45) is 7.73. The summed E-state index contributed by atoms with van der Waals surface area (Å²) in [5, 5.41) is 47.4. The number of phenolic OH excluding ortho intramolecular Hbond substituents is 5. The second-order valence-electron chi connectivity index (χ2n) is 10.3. The van der Waals surface area contributed by atoms with E-state index in [2.05, 4.69) is 6.58 Å². The predicted octanol–water partition coefficient (Wildman–Crippen LogP) is 7.17. The van der Waals surface area contributed by atoms with E-state index >= 15 is 0 Å². The first-order valence-corrected chi connectivity index (χ1v) is 13.4. The molecule has 44 heavy (non-hydrogen) atoms. The van der Waals surface area contributed by atoms with Crippen LogP contribution >= 0.6 is 0 Å². The molecule has 0 aliphatic rings. The average molecular weight is 595 g/mol. The van der Waals surface area contributed by atoms with Crippen molar-refractivity contribution in [3.8, 4) is 34.5 Å². The van der Waals surface area contributed by atoms with E-state index in [1.54, 1.807) is 48.6 Å². The van der Waals surface area contributed by atoms with Crippen molar-refractivity contribution >= 4 is 23.7 Å². The largest absolute Gasteiger partial charge is 0.508 e. The number of phenols is 5. The standard InChI is InChI=1S/C21H22O4.C15H12O4/c1-5-21(2,3)17-12-15(20(25-4)13-19(17)24)8-11-18(23)14-6-9-16(22)10-7-14;16-11-4-1-10(2-5-11)3-8-14(18)13-7-6-12(17)9-15(13)19/h5-13,22,24H,1H2,2-4H3;1-9,16-17,19H/b11-8+;8-3+. The predicted molar refractivity (Wildman–Crippen MR) is 171 cm³/mol. The van der Waals surface area contributed by atoms with Crippen LogP contribution < -0.4 is 4.74 Å². The summed E-state index contributed by atoms with van der Waals surface area (Å²) in [5.74, 6) is -0.0847. The molecular formula is C36H34O8. The van der Waals surface area contributed by atoms with E-state index in [0.29, 0.717) is 22.4 Å². The number of hydrogen-bond donors (Lipinski definition) is 5. The molecule has 4 aromatic rings. The molecule has 0 amide bonds. The summed E-state index contributed by atoms with van der Waals surface area (Å²) in [6.45, 7) is 7.69. The van der Waals surface area contributed by atoms with Crippen LogP contribution in [-0.4, -0.2) is 44.2 Å². The molecule has 226 valence electrons. The lowest BCUT2D eigenvalue weighted by atomic mass is 9.83. The van der Waals surface area contributed by atoms with Gasteiger partial charge in [-0.05, 0) is 78.4 Å². The minimum absolute atomic E-state index is 0.100. The Morgan fingerprint density at radius 1 is 0.705 bits per heavy atom. The van der Waals surface area contributed by atoms with Gasteiger partial charge in [-0.2, -0.15) is 0 Å². The summed E-state index contributed by atoms with van der Waals surface area (Å²) in [7, 11) is 1.51. The van der Waals surface area contributed by atoms with Crippen LogP contribution in [0, 0.1) is 0 Å². The Bertz CT molecular complexity index is 1700. The molecule has 0 fully saturated rings. The molecule has 0 aliphatic heterocycles. The molecule has 0 saturated heterocycles. The summed E-state index contributed by atoms with van der Waals surface area (Å²) in [5.41, 5.74) is 2.29. The number of ether oxygens (including phenoxy) is 1. The number of aromatic hydroxyl groups is 5. The Labute approximate surface area is 255 Å². The molecule has 0 bridgehead atoms. The van der Waals surface area contributed by atoms with Gasteiger partial charge in [-0.1, -0.05) is 38.1 Å². The van der Waals surface area contributed by atoms with Crippen LogP contribution in [0.4, 0.5) is 0 Å². The number of methoxy groups -OCH3 is 1. The van der Waals surface area contributed by atoms with Gasteiger partial charge >= 0.3 is 0 Å². The van der Waals surface area contributed by atoms with Crippen molar-refractivity contribution in [1.82, 2.24) is 0 Å². The van der Waals surface area contributed by atoms with Crippen molar-refractivity contribution in [2.45, 2.75) is 19.3 Å². The third kappa shape index (κ3) is 8.62. The Hall–Kier alpha value is -5.76. The maximum atomic E-state index is 12.3. The zero-order chi connectivity index (χ0) is 32.4. The smallest absolute Gasteiger partial charge is 0.189 e. The molecule has 8 nitrogen and oxygen atoms in total. The van der Waals surface area contributed by atoms with E-state index in [-0.39, 0.29) is 45.9 Å². The van der Waals surface area contributed by atoms with E-state index in [0.717, 1.165) is 11.6 Å². The highest BCUT2D eigenvalue weighted by molar-refractivity contribution is 6.08. The zero-order valence-corrected chi connectivity index (χ0v) is 24.6. The van der Waals surface area contributed by atoms with Crippen LogP contribution in [0.3, 0.4) is 0 Å². The molecule has 0 aliphatic carbocycles. The Morgan fingerprint density at radius 2 is 1.27 bits per heavy atom. The normalized spacial score (nSPS) is 11.2. The third-order valence-electron chi connectivity index (χ3n) is 6.69. The van der Waals surface area contributed by atoms with Crippen molar-refractivity contribution in [1.29, 1.82) is 0 Å². The molecule has 4 aromatic carbocycles. The van der Waals surface area contributed by atoms with E-state index in [1.807, 2.05) is 13.8 Å². The minimum atomic E-state index is -0.431. The first kappa shape index (κ1) is 32.8. The van der Waals surface area contributed by atoms with Crippen LogP contribution in [0.15, 0.2) is 104 Å². The van der Waals surface area contributed by atoms with Crippen molar-refractivity contribution in [2.75, 3.05) is 7.11 Å². The topological polar surface area (TPSA) is 145 Å². The highest BCUT2D eigenvalue weighted by Crippen LogP contribution is 2.37. The molecule has 4 rings (SSSR count). The van der Waals surface area contributed by atoms with E-state index in [1.165, 1.54) is 61.7 Å². The quantitative estimate of drug-likeness (QED) is 0.0780. The average Bonchev–Trinajstić information content (AvgIpc) is 3.00. The van der Waals surface area contributed by atoms with E-state index in [4.69, 9.17) is 14.9 Å². The molecule has 0 atom stereocenters. The van der Waals surface area contributed by atoms with Gasteiger partial charge in [-0.25, -0.2) is 0 Å². The van der Waals surface area contributed by atoms with Gasteiger partial charge in [0, 0.05) is 34.2 Å². The Kier molecular flexibility index (Phi) is 10.7. The van der Waals surface area contributed by atoms with Gasteiger partial charge < -0.3 is 30.3 Å². The lowest BCUT2D eigenvalue weighted by Crippen LogP contribution is -2.13. The number of benzene rings is 4. The highest BCUT2D eigenvalue weighted by atomic mass is 16.5. The number of hydrogen-bond acceptors (Lipinski definition) is 8. The van der Waals surface area contributed by atoms with Crippen LogP contribution in [0.1, 0.15) is 51.3 Å². The highest BCUT2D eigenvalue weighted by Gasteiger charge is 2.22. The van der Waals surface area contributed by atoms with Gasteiger partial charge in [-0.15, -0.1) is 6.58 Å². The molecule has 8 heteroatoms. The molecule has 0 radical (unpaired) electrons. The molecule has 5 N–H and O–H groups in total. The van der Waals surface area contributed by atoms with Gasteiger partial charge in [0.05, 0.1) is 12.7 Å². The van der Waals surface area contributed by atoms with Gasteiger partial charge in [0.1, 0.15) is 34.5 Å². The lowest BCUT2D eigenvalue weighted by molar-refractivity contribution is 0.103. The van der Waals surface area contributed by atoms with Gasteiger partial charge in [0.25, 0.3) is 0 Å². The maximum Gasteiger partial charge on any atom is 0.189 e. The van der Waals surface area contributed by atoms with Gasteiger partial charge in [0.15, 0.2) is 11.6 Å². The first-order valence-electron chi connectivity index (χ1n) is 13.4. The fraction of sp³-hybridized carbons (Fsp3) is 0.111. The molecule has 0 aromatic heterocycles. The molecule has 0 unspecified atom stereocenters. The molecule has 0 spiro atoms. The number of allylic oxidation sites excluding steroid dienone is 3. The lowest BCUT2D eigenvalue weighted by Gasteiger charge is -2.23.